The maximum absolute atomic E-state index is 13.6. The van der Waals surface area contributed by atoms with Crippen molar-refractivity contribution in [3.05, 3.63) is 99.4 Å². The summed E-state index contributed by atoms with van der Waals surface area (Å²) in [7, 11) is 0. The predicted octanol–water partition coefficient (Wildman–Crippen LogP) is 4.03. The summed E-state index contributed by atoms with van der Waals surface area (Å²) in [5.41, 5.74) is 0.635. The van der Waals surface area contributed by atoms with Crippen LogP contribution in [0, 0.1) is 15.9 Å². The molecule has 1 heterocycles. The van der Waals surface area contributed by atoms with E-state index >= 15 is 0 Å². The number of hydrogen-bond donors (Lipinski definition) is 2. The third-order valence-electron chi connectivity index (χ3n) is 5.12. The zero-order valence-electron chi connectivity index (χ0n) is 16.5. The minimum Gasteiger partial charge on any atom is -0.326 e. The van der Waals surface area contributed by atoms with Gasteiger partial charge in [-0.1, -0.05) is 36.4 Å². The molecule has 3 aromatic rings. The van der Waals surface area contributed by atoms with E-state index in [1.807, 2.05) is 0 Å². The number of carbonyl (C=O) groups is 3. The number of amides is 2. The summed E-state index contributed by atoms with van der Waals surface area (Å²) in [6, 6.07) is 15.4. The molecule has 1 atom stereocenters. The van der Waals surface area contributed by atoms with Crippen LogP contribution in [-0.2, 0) is 9.59 Å². The monoisotopic (exact) mass is 433 g/mol. The summed E-state index contributed by atoms with van der Waals surface area (Å²) in [5.74, 6) is -3.03. The van der Waals surface area contributed by atoms with Crippen LogP contribution in [0.4, 0.5) is 21.5 Å². The molecule has 4 rings (SSSR count). The van der Waals surface area contributed by atoms with E-state index in [2.05, 4.69) is 10.6 Å². The number of nitrogens with zero attached hydrogens (tertiary/aromatic N) is 1. The molecule has 32 heavy (non-hydrogen) atoms. The fraction of sp³-hybridized carbons (Fsp3) is 0.0870. The maximum atomic E-state index is 13.6. The van der Waals surface area contributed by atoms with E-state index in [-0.39, 0.29) is 29.0 Å². The lowest BCUT2D eigenvalue weighted by molar-refractivity contribution is -0.384. The largest absolute Gasteiger partial charge is 0.326 e. The Kier molecular flexibility index (Phi) is 5.46. The number of nitrogens with one attached hydrogen (secondary N) is 2. The van der Waals surface area contributed by atoms with Gasteiger partial charge in [0.25, 0.3) is 5.69 Å². The van der Waals surface area contributed by atoms with Crippen LogP contribution in [0.25, 0.3) is 0 Å². The molecule has 2 N–H and O–H groups in total. The van der Waals surface area contributed by atoms with Crippen LogP contribution in [0.15, 0.2) is 66.7 Å². The lowest BCUT2D eigenvalue weighted by Crippen LogP contribution is -2.31. The van der Waals surface area contributed by atoms with Crippen LogP contribution in [-0.4, -0.2) is 22.5 Å². The molecule has 0 aliphatic carbocycles. The molecule has 3 aromatic carbocycles. The highest BCUT2D eigenvalue weighted by molar-refractivity contribution is 6.15. The Hall–Kier alpha value is -4.40. The van der Waals surface area contributed by atoms with E-state index < -0.39 is 34.3 Å². The molecule has 0 spiro atoms. The molecule has 0 saturated carbocycles. The number of ketones is 1. The fourth-order valence-electron chi connectivity index (χ4n) is 3.58. The van der Waals surface area contributed by atoms with Crippen molar-refractivity contribution in [3.63, 3.8) is 0 Å². The van der Waals surface area contributed by atoms with Gasteiger partial charge in [0.05, 0.1) is 22.1 Å². The first-order chi connectivity index (χ1) is 15.3. The summed E-state index contributed by atoms with van der Waals surface area (Å²) in [6.07, 6.45) is -0.167. The van der Waals surface area contributed by atoms with Crippen LogP contribution in [0.3, 0.4) is 0 Å². The molecule has 8 nitrogen and oxygen atoms in total. The van der Waals surface area contributed by atoms with Crippen molar-refractivity contribution in [2.24, 2.45) is 0 Å². The van der Waals surface area contributed by atoms with Gasteiger partial charge >= 0.3 is 0 Å². The Bertz CT molecular complexity index is 1260. The second-order valence-corrected chi connectivity index (χ2v) is 7.21. The molecule has 0 aromatic heterocycles. The van der Waals surface area contributed by atoms with Gasteiger partial charge in [0.1, 0.15) is 5.82 Å². The lowest BCUT2D eigenvalue weighted by atomic mass is 9.89. The lowest BCUT2D eigenvalue weighted by Gasteiger charge is -2.25. The van der Waals surface area contributed by atoms with Gasteiger partial charge in [-0.3, -0.25) is 24.5 Å². The first-order valence-corrected chi connectivity index (χ1v) is 9.62. The molecule has 0 radical (unpaired) electrons. The standard InChI is InChI=1S/C23H16FN3O5/c24-14-6-8-16-17(12-21(28)25-20(16)10-14)23(30)26-19-9-7-15(27(31)32)11-18(19)22(29)13-4-2-1-3-5-13/h1-11,17H,12H2,(H,25,28)(H,26,30). The molecular weight excluding hydrogens is 417 g/mol. The molecule has 2 amide bonds. The Balaban J connectivity index is 1.70. The molecule has 9 heteroatoms. The van der Waals surface area contributed by atoms with E-state index in [4.69, 9.17) is 0 Å². The average Bonchev–Trinajstić information content (AvgIpc) is 2.78. The topological polar surface area (TPSA) is 118 Å². The number of hydrogen-bond acceptors (Lipinski definition) is 5. The molecule has 1 aliphatic rings. The number of anilines is 2. The number of benzene rings is 3. The number of nitro groups is 1. The molecule has 0 bridgehead atoms. The highest BCUT2D eigenvalue weighted by Crippen LogP contribution is 2.34. The summed E-state index contributed by atoms with van der Waals surface area (Å²) < 4.78 is 13.6. The van der Waals surface area contributed by atoms with Crippen molar-refractivity contribution in [1.82, 2.24) is 0 Å². The molecule has 0 saturated heterocycles. The summed E-state index contributed by atoms with van der Waals surface area (Å²) >= 11 is 0. The average molecular weight is 433 g/mol. The Morgan fingerprint density at radius 2 is 1.81 bits per heavy atom. The predicted molar refractivity (Wildman–Crippen MR) is 114 cm³/mol. The van der Waals surface area contributed by atoms with Gasteiger partial charge in [-0.15, -0.1) is 0 Å². The Labute approximate surface area is 181 Å². The van der Waals surface area contributed by atoms with Crippen molar-refractivity contribution < 1.29 is 23.7 Å². The Morgan fingerprint density at radius 1 is 1.06 bits per heavy atom. The first kappa shape index (κ1) is 20.9. The summed E-state index contributed by atoms with van der Waals surface area (Å²) in [5, 5.41) is 16.4. The molecule has 1 aliphatic heterocycles. The zero-order chi connectivity index (χ0) is 22.8. The van der Waals surface area contributed by atoms with E-state index in [0.717, 1.165) is 12.1 Å². The fourth-order valence-corrected chi connectivity index (χ4v) is 3.58. The quantitative estimate of drug-likeness (QED) is 0.358. The van der Waals surface area contributed by atoms with Crippen molar-refractivity contribution in [2.75, 3.05) is 10.6 Å². The third-order valence-corrected chi connectivity index (χ3v) is 5.12. The maximum Gasteiger partial charge on any atom is 0.270 e. The SMILES string of the molecule is O=C1CC(C(=O)Nc2ccc([N+](=O)[O-])cc2C(=O)c2ccccc2)c2ccc(F)cc2N1. The highest BCUT2D eigenvalue weighted by atomic mass is 19.1. The summed E-state index contributed by atoms with van der Waals surface area (Å²) in [6.45, 7) is 0. The normalized spacial score (nSPS) is 14.8. The number of fused-ring (bicyclic) bond motifs is 1. The number of carbonyl (C=O) groups excluding carboxylic acids is 3. The van der Waals surface area contributed by atoms with Gasteiger partial charge in [-0.25, -0.2) is 4.39 Å². The van der Waals surface area contributed by atoms with Gasteiger partial charge in [-0.05, 0) is 23.8 Å². The molecule has 1 unspecified atom stereocenters. The van der Waals surface area contributed by atoms with Gasteiger partial charge in [-0.2, -0.15) is 0 Å². The zero-order valence-corrected chi connectivity index (χ0v) is 16.5. The number of halogens is 1. The van der Waals surface area contributed by atoms with Gasteiger partial charge in [0, 0.05) is 29.8 Å². The van der Waals surface area contributed by atoms with Crippen LogP contribution in [0.1, 0.15) is 33.8 Å². The van der Waals surface area contributed by atoms with E-state index in [1.165, 1.54) is 24.3 Å². The van der Waals surface area contributed by atoms with Gasteiger partial charge < -0.3 is 10.6 Å². The van der Waals surface area contributed by atoms with Crippen molar-refractivity contribution in [1.29, 1.82) is 0 Å². The second kappa shape index (κ2) is 8.38. The minimum absolute atomic E-state index is 0.0571. The smallest absolute Gasteiger partial charge is 0.270 e. The van der Waals surface area contributed by atoms with Crippen LogP contribution >= 0.6 is 0 Å². The van der Waals surface area contributed by atoms with Crippen LogP contribution in [0.5, 0.6) is 0 Å². The number of non-ortho nitro benzene ring substituents is 1. The van der Waals surface area contributed by atoms with Crippen LogP contribution in [0.2, 0.25) is 0 Å². The summed E-state index contributed by atoms with van der Waals surface area (Å²) in [4.78, 5) is 48.7. The number of nitro benzene ring substituents is 1. The van der Waals surface area contributed by atoms with Gasteiger partial charge in [0.2, 0.25) is 11.8 Å². The van der Waals surface area contributed by atoms with Crippen molar-refractivity contribution in [2.45, 2.75) is 12.3 Å². The van der Waals surface area contributed by atoms with E-state index in [9.17, 15) is 28.9 Å². The van der Waals surface area contributed by atoms with Crippen molar-refractivity contribution in [3.8, 4) is 0 Å². The van der Waals surface area contributed by atoms with Crippen LogP contribution < -0.4 is 10.6 Å². The highest BCUT2D eigenvalue weighted by Gasteiger charge is 2.32. The minimum atomic E-state index is -0.922. The van der Waals surface area contributed by atoms with Crippen molar-refractivity contribution >= 4 is 34.7 Å². The Morgan fingerprint density at radius 3 is 2.53 bits per heavy atom. The third kappa shape index (κ3) is 4.08. The molecule has 160 valence electrons. The van der Waals surface area contributed by atoms with E-state index in [0.29, 0.717) is 11.1 Å². The number of rotatable bonds is 5. The first-order valence-electron chi connectivity index (χ1n) is 9.62. The second-order valence-electron chi connectivity index (χ2n) is 7.21. The van der Waals surface area contributed by atoms with E-state index in [1.54, 1.807) is 30.3 Å². The van der Waals surface area contributed by atoms with Gasteiger partial charge in [0.15, 0.2) is 5.78 Å². The molecule has 0 fully saturated rings. The molecular formula is C23H16FN3O5.